The van der Waals surface area contributed by atoms with E-state index in [1.807, 2.05) is 6.92 Å². The fourth-order valence-corrected chi connectivity index (χ4v) is 1.85. The molecule has 1 heterocycles. The molecule has 0 saturated heterocycles. The van der Waals surface area contributed by atoms with Crippen LogP contribution in [0.1, 0.15) is 25.5 Å². The lowest BCUT2D eigenvalue weighted by Crippen LogP contribution is -2.21. The van der Waals surface area contributed by atoms with Gasteiger partial charge in [0.1, 0.15) is 0 Å². The maximum Gasteiger partial charge on any atom is 0.253 e. The SMILES string of the molecule is Cc1cc(=O)n(CCC(C)CCS)cn1. The highest BCUT2D eigenvalue weighted by atomic mass is 32.1. The van der Waals surface area contributed by atoms with Crippen LogP contribution in [-0.2, 0) is 6.54 Å². The molecule has 1 aromatic heterocycles. The Hall–Kier alpha value is -0.770. The van der Waals surface area contributed by atoms with Gasteiger partial charge in [-0.3, -0.25) is 9.36 Å². The Morgan fingerprint density at radius 3 is 2.87 bits per heavy atom. The lowest BCUT2D eigenvalue weighted by Gasteiger charge is -2.10. The van der Waals surface area contributed by atoms with E-state index in [9.17, 15) is 4.79 Å². The van der Waals surface area contributed by atoms with E-state index >= 15 is 0 Å². The number of aromatic nitrogens is 2. The van der Waals surface area contributed by atoms with Gasteiger partial charge in [-0.1, -0.05) is 6.92 Å². The Balaban J connectivity index is 2.54. The maximum absolute atomic E-state index is 11.5. The van der Waals surface area contributed by atoms with E-state index in [4.69, 9.17) is 0 Å². The quantitative estimate of drug-likeness (QED) is 0.778. The van der Waals surface area contributed by atoms with Crippen LogP contribution in [0.25, 0.3) is 0 Å². The molecular weight excluding hydrogens is 208 g/mol. The van der Waals surface area contributed by atoms with Crippen molar-refractivity contribution < 1.29 is 0 Å². The van der Waals surface area contributed by atoms with E-state index in [2.05, 4.69) is 24.5 Å². The number of rotatable bonds is 5. The fourth-order valence-electron chi connectivity index (χ4n) is 1.41. The summed E-state index contributed by atoms with van der Waals surface area (Å²) in [4.78, 5) is 15.6. The van der Waals surface area contributed by atoms with Crippen LogP contribution >= 0.6 is 12.6 Å². The number of hydrogen-bond acceptors (Lipinski definition) is 3. The van der Waals surface area contributed by atoms with Crippen LogP contribution in [0.4, 0.5) is 0 Å². The molecule has 0 aromatic carbocycles. The van der Waals surface area contributed by atoms with Gasteiger partial charge >= 0.3 is 0 Å². The lowest BCUT2D eigenvalue weighted by atomic mass is 10.1. The van der Waals surface area contributed by atoms with Gasteiger partial charge in [0, 0.05) is 18.3 Å². The summed E-state index contributed by atoms with van der Waals surface area (Å²) in [6.07, 6.45) is 3.73. The molecule has 1 rings (SSSR count). The summed E-state index contributed by atoms with van der Waals surface area (Å²) < 4.78 is 1.67. The van der Waals surface area contributed by atoms with E-state index in [1.165, 1.54) is 0 Å². The van der Waals surface area contributed by atoms with Crippen molar-refractivity contribution in [1.82, 2.24) is 9.55 Å². The third kappa shape index (κ3) is 4.08. The van der Waals surface area contributed by atoms with Gasteiger partial charge in [0.2, 0.25) is 0 Å². The second kappa shape index (κ2) is 5.95. The molecule has 1 atom stereocenters. The van der Waals surface area contributed by atoms with Crippen LogP contribution in [0.5, 0.6) is 0 Å². The van der Waals surface area contributed by atoms with E-state index in [-0.39, 0.29) is 5.56 Å². The molecule has 0 saturated carbocycles. The van der Waals surface area contributed by atoms with Gasteiger partial charge in [-0.25, -0.2) is 4.98 Å². The van der Waals surface area contributed by atoms with Crippen molar-refractivity contribution in [2.45, 2.75) is 33.2 Å². The molecule has 3 nitrogen and oxygen atoms in total. The summed E-state index contributed by atoms with van der Waals surface area (Å²) in [5, 5.41) is 0. The predicted molar refractivity (Wildman–Crippen MR) is 65.5 cm³/mol. The molecule has 0 aliphatic rings. The highest BCUT2D eigenvalue weighted by Crippen LogP contribution is 2.08. The average molecular weight is 226 g/mol. The minimum absolute atomic E-state index is 0.0422. The molecule has 0 N–H and O–H groups in total. The number of nitrogens with zero attached hydrogens (tertiary/aromatic N) is 2. The normalized spacial score (nSPS) is 12.7. The third-order valence-electron chi connectivity index (χ3n) is 2.50. The Morgan fingerprint density at radius 1 is 1.53 bits per heavy atom. The van der Waals surface area contributed by atoms with E-state index in [0.717, 1.165) is 30.8 Å². The largest absolute Gasteiger partial charge is 0.299 e. The topological polar surface area (TPSA) is 34.9 Å². The molecule has 1 aromatic rings. The van der Waals surface area contributed by atoms with Gasteiger partial charge in [-0.15, -0.1) is 0 Å². The molecule has 0 aliphatic carbocycles. The Labute approximate surface area is 96.0 Å². The van der Waals surface area contributed by atoms with Crippen molar-refractivity contribution >= 4 is 12.6 Å². The monoisotopic (exact) mass is 226 g/mol. The molecule has 4 heteroatoms. The van der Waals surface area contributed by atoms with Crippen LogP contribution < -0.4 is 5.56 Å². The van der Waals surface area contributed by atoms with Crippen molar-refractivity contribution in [2.24, 2.45) is 5.92 Å². The minimum atomic E-state index is 0.0422. The van der Waals surface area contributed by atoms with Gasteiger partial charge in [0.25, 0.3) is 5.56 Å². The molecule has 15 heavy (non-hydrogen) atoms. The van der Waals surface area contributed by atoms with Crippen molar-refractivity contribution in [3.8, 4) is 0 Å². The standard InChI is InChI=1S/C11H18N2OS/c1-9(4-6-15)3-5-13-8-12-10(2)7-11(13)14/h7-9,15H,3-6H2,1-2H3. The molecule has 0 radical (unpaired) electrons. The first-order valence-corrected chi connectivity index (χ1v) is 5.90. The maximum atomic E-state index is 11.5. The Morgan fingerprint density at radius 2 is 2.27 bits per heavy atom. The second-order valence-corrected chi connectivity index (χ2v) is 4.42. The van der Waals surface area contributed by atoms with Crippen molar-refractivity contribution in [3.05, 3.63) is 28.4 Å². The Kier molecular flexibility index (Phi) is 4.88. The molecule has 84 valence electrons. The van der Waals surface area contributed by atoms with Crippen molar-refractivity contribution in [2.75, 3.05) is 5.75 Å². The van der Waals surface area contributed by atoms with Crippen LogP contribution in [0.15, 0.2) is 17.2 Å². The first-order valence-electron chi connectivity index (χ1n) is 5.27. The van der Waals surface area contributed by atoms with E-state index in [1.54, 1.807) is 17.0 Å². The second-order valence-electron chi connectivity index (χ2n) is 3.97. The first kappa shape index (κ1) is 12.3. The van der Waals surface area contributed by atoms with E-state index in [0.29, 0.717) is 5.92 Å². The van der Waals surface area contributed by atoms with Crippen LogP contribution in [0.3, 0.4) is 0 Å². The first-order chi connectivity index (χ1) is 7.13. The highest BCUT2D eigenvalue weighted by molar-refractivity contribution is 7.80. The third-order valence-corrected chi connectivity index (χ3v) is 2.76. The number of hydrogen-bond donors (Lipinski definition) is 1. The van der Waals surface area contributed by atoms with Crippen LogP contribution in [-0.4, -0.2) is 15.3 Å². The lowest BCUT2D eigenvalue weighted by molar-refractivity contribution is 0.463. The zero-order valence-corrected chi connectivity index (χ0v) is 10.2. The molecule has 1 unspecified atom stereocenters. The predicted octanol–water partition coefficient (Wildman–Crippen LogP) is 1.90. The van der Waals surface area contributed by atoms with Gasteiger partial charge in [-0.05, 0) is 31.4 Å². The van der Waals surface area contributed by atoms with Gasteiger partial charge in [-0.2, -0.15) is 12.6 Å². The number of thiol groups is 1. The van der Waals surface area contributed by atoms with Crippen LogP contribution in [0, 0.1) is 12.8 Å². The molecular formula is C11H18N2OS. The zero-order valence-electron chi connectivity index (χ0n) is 9.31. The van der Waals surface area contributed by atoms with Gasteiger partial charge in [0.05, 0.1) is 6.33 Å². The Bertz CT molecular complexity index is 362. The van der Waals surface area contributed by atoms with Crippen LogP contribution in [0.2, 0.25) is 0 Å². The average Bonchev–Trinajstić information content (AvgIpc) is 2.17. The summed E-state index contributed by atoms with van der Waals surface area (Å²) in [5.74, 6) is 1.51. The molecule has 0 spiro atoms. The fraction of sp³-hybridized carbons (Fsp3) is 0.636. The van der Waals surface area contributed by atoms with Crippen molar-refractivity contribution in [1.29, 1.82) is 0 Å². The van der Waals surface area contributed by atoms with Gasteiger partial charge in [0.15, 0.2) is 0 Å². The highest BCUT2D eigenvalue weighted by Gasteiger charge is 2.02. The smallest absolute Gasteiger partial charge is 0.253 e. The molecule has 0 aliphatic heterocycles. The minimum Gasteiger partial charge on any atom is -0.299 e. The summed E-state index contributed by atoms with van der Waals surface area (Å²) >= 11 is 4.19. The van der Waals surface area contributed by atoms with Gasteiger partial charge < -0.3 is 0 Å². The number of aryl methyl sites for hydroxylation is 2. The molecule has 0 bridgehead atoms. The van der Waals surface area contributed by atoms with Crippen molar-refractivity contribution in [3.63, 3.8) is 0 Å². The summed E-state index contributed by atoms with van der Waals surface area (Å²) in [5.41, 5.74) is 0.820. The molecule has 0 amide bonds. The summed E-state index contributed by atoms with van der Waals surface area (Å²) in [6.45, 7) is 4.76. The summed E-state index contributed by atoms with van der Waals surface area (Å²) in [6, 6.07) is 1.57. The summed E-state index contributed by atoms with van der Waals surface area (Å²) in [7, 11) is 0. The molecule has 0 fully saturated rings. The zero-order chi connectivity index (χ0) is 11.3. The van der Waals surface area contributed by atoms with E-state index < -0.39 is 0 Å².